The summed E-state index contributed by atoms with van der Waals surface area (Å²) >= 11 is 0. The maximum atomic E-state index is 11.6. The summed E-state index contributed by atoms with van der Waals surface area (Å²) in [6, 6.07) is 3.99. The van der Waals surface area contributed by atoms with Crippen molar-refractivity contribution in [3.8, 4) is 11.5 Å². The first-order valence-electron chi connectivity index (χ1n) is 5.39. The fraction of sp³-hybridized carbons (Fsp3) is 0.417. The van der Waals surface area contributed by atoms with Crippen LogP contribution in [0.4, 0.5) is 5.69 Å². The van der Waals surface area contributed by atoms with Crippen LogP contribution in [0.3, 0.4) is 0 Å². The highest BCUT2D eigenvalue weighted by Gasteiger charge is 2.11. The molecule has 0 unspecified atom stereocenters. The first kappa shape index (κ1) is 17.0. The van der Waals surface area contributed by atoms with Crippen LogP contribution in [0.2, 0.25) is 0 Å². The van der Waals surface area contributed by atoms with Gasteiger partial charge in [0.25, 0.3) is 0 Å². The number of phenolic OH excluding ortho intramolecular Hbond substituents is 2. The number of phenols is 2. The molecule has 1 amide bonds. The molecule has 0 aliphatic carbocycles. The quantitative estimate of drug-likeness (QED) is 0.433. The van der Waals surface area contributed by atoms with Crippen molar-refractivity contribution in [1.82, 2.24) is 0 Å². The fourth-order valence-electron chi connectivity index (χ4n) is 1.33. The molecule has 1 rings (SSSR count). The molecule has 0 aliphatic heterocycles. The van der Waals surface area contributed by atoms with E-state index in [-0.39, 0.29) is 41.4 Å². The van der Waals surface area contributed by atoms with E-state index in [4.69, 9.17) is 0 Å². The zero-order chi connectivity index (χ0) is 13.1. The van der Waals surface area contributed by atoms with Gasteiger partial charge < -0.3 is 44.0 Å². The van der Waals surface area contributed by atoms with Gasteiger partial charge in [0.05, 0.1) is 34.1 Å². The molecule has 1 aromatic carbocycles. The molecule has 102 valence electrons. The number of anilines is 1. The van der Waals surface area contributed by atoms with Crippen LogP contribution >= 0.6 is 0 Å². The number of aromatic hydroxyl groups is 2. The smallest absolute Gasteiger partial charge is 0.230 e. The molecule has 0 atom stereocenters. The SMILES string of the molecule is C[N+](C)(C)CCC(=O)Nc1cc(O)cc(O)c1.[I-]. The third kappa shape index (κ3) is 6.65. The number of nitrogens with zero attached hydrogens (tertiary/aromatic N) is 1. The molecule has 0 aromatic heterocycles. The number of rotatable bonds is 4. The summed E-state index contributed by atoms with van der Waals surface area (Å²) in [5, 5.41) is 21.1. The van der Waals surface area contributed by atoms with E-state index in [1.807, 2.05) is 21.1 Å². The van der Waals surface area contributed by atoms with E-state index in [0.29, 0.717) is 16.6 Å². The third-order valence-electron chi connectivity index (χ3n) is 2.20. The molecule has 18 heavy (non-hydrogen) atoms. The highest BCUT2D eigenvalue weighted by molar-refractivity contribution is 5.91. The van der Waals surface area contributed by atoms with Gasteiger partial charge in [-0.25, -0.2) is 0 Å². The molecule has 0 saturated heterocycles. The Kier molecular flexibility index (Phi) is 6.41. The van der Waals surface area contributed by atoms with E-state index in [9.17, 15) is 15.0 Å². The number of quaternary nitrogens is 1. The molecule has 0 aliphatic rings. The van der Waals surface area contributed by atoms with Gasteiger partial charge in [-0.15, -0.1) is 0 Å². The zero-order valence-corrected chi connectivity index (χ0v) is 12.9. The summed E-state index contributed by atoms with van der Waals surface area (Å²) in [6.45, 7) is 0.719. The fourth-order valence-corrected chi connectivity index (χ4v) is 1.33. The first-order valence-corrected chi connectivity index (χ1v) is 5.39. The Morgan fingerprint density at radius 1 is 1.17 bits per heavy atom. The second kappa shape index (κ2) is 6.79. The Balaban J connectivity index is 0.00000289. The van der Waals surface area contributed by atoms with Gasteiger partial charge in [0, 0.05) is 23.9 Å². The van der Waals surface area contributed by atoms with E-state index in [2.05, 4.69) is 5.32 Å². The average molecular weight is 366 g/mol. The summed E-state index contributed by atoms with van der Waals surface area (Å²) in [5.41, 5.74) is 0.397. The monoisotopic (exact) mass is 366 g/mol. The highest BCUT2D eigenvalue weighted by Crippen LogP contribution is 2.23. The van der Waals surface area contributed by atoms with Crippen LogP contribution in [0.5, 0.6) is 11.5 Å². The minimum absolute atomic E-state index is 0. The third-order valence-corrected chi connectivity index (χ3v) is 2.20. The molecule has 0 saturated carbocycles. The Labute approximate surface area is 124 Å². The predicted octanol–water partition coefficient (Wildman–Crippen LogP) is -1.86. The molecular weight excluding hydrogens is 347 g/mol. The van der Waals surface area contributed by atoms with Gasteiger partial charge in [0.2, 0.25) is 5.91 Å². The second-order valence-electron chi connectivity index (χ2n) is 5.05. The van der Waals surface area contributed by atoms with Crippen molar-refractivity contribution >= 4 is 11.6 Å². The minimum Gasteiger partial charge on any atom is -1.00 e. The normalized spacial score (nSPS) is 10.6. The van der Waals surface area contributed by atoms with Gasteiger partial charge in [-0.3, -0.25) is 4.79 Å². The second-order valence-corrected chi connectivity index (χ2v) is 5.05. The largest absolute Gasteiger partial charge is 1.00 e. The minimum atomic E-state index is -0.136. The van der Waals surface area contributed by atoms with Gasteiger partial charge in [-0.1, -0.05) is 0 Å². The van der Waals surface area contributed by atoms with Crippen molar-refractivity contribution in [3.05, 3.63) is 18.2 Å². The van der Waals surface area contributed by atoms with Crippen LogP contribution in [0.25, 0.3) is 0 Å². The van der Waals surface area contributed by atoms with Crippen molar-refractivity contribution < 1.29 is 43.5 Å². The molecule has 6 heteroatoms. The molecule has 5 nitrogen and oxygen atoms in total. The summed E-state index contributed by atoms with van der Waals surface area (Å²) in [7, 11) is 6.02. The summed E-state index contributed by atoms with van der Waals surface area (Å²) < 4.78 is 0.707. The molecule has 3 N–H and O–H groups in total. The number of halogens is 1. The van der Waals surface area contributed by atoms with Gasteiger partial charge in [0.15, 0.2) is 0 Å². The highest BCUT2D eigenvalue weighted by atomic mass is 127. The average Bonchev–Trinajstić information content (AvgIpc) is 2.11. The standard InChI is InChI=1S/C12H18N2O3.HI/c1-14(2,3)5-4-12(17)13-9-6-10(15)8-11(16)7-9;/h6-8H,4-5H2,1-3H3,(H2-,13,15,16,17);1H. The molecule has 0 bridgehead atoms. The van der Waals surface area contributed by atoms with E-state index >= 15 is 0 Å². The summed E-state index contributed by atoms with van der Waals surface area (Å²) in [4.78, 5) is 11.6. The van der Waals surface area contributed by atoms with Crippen molar-refractivity contribution in [2.45, 2.75) is 6.42 Å². The molecule has 0 radical (unpaired) electrons. The topological polar surface area (TPSA) is 69.6 Å². The Hall–Kier alpha value is -1.02. The molecule has 0 fully saturated rings. The lowest BCUT2D eigenvalue weighted by Crippen LogP contribution is -3.00. The number of benzene rings is 1. The van der Waals surface area contributed by atoms with E-state index in [0.717, 1.165) is 6.54 Å². The van der Waals surface area contributed by atoms with Crippen molar-refractivity contribution in [2.24, 2.45) is 0 Å². The van der Waals surface area contributed by atoms with Gasteiger partial charge in [-0.05, 0) is 0 Å². The first-order chi connectivity index (χ1) is 7.76. The maximum absolute atomic E-state index is 11.6. The predicted molar refractivity (Wildman–Crippen MR) is 65.9 cm³/mol. The number of carbonyl (C=O) groups is 1. The van der Waals surface area contributed by atoms with Gasteiger partial charge in [-0.2, -0.15) is 0 Å². The molecule has 0 spiro atoms. The van der Waals surface area contributed by atoms with Gasteiger partial charge in [0.1, 0.15) is 11.5 Å². The molecule has 1 aromatic rings. The van der Waals surface area contributed by atoms with Gasteiger partial charge >= 0.3 is 0 Å². The van der Waals surface area contributed by atoms with Crippen molar-refractivity contribution in [2.75, 3.05) is 33.0 Å². The van der Waals surface area contributed by atoms with Crippen molar-refractivity contribution in [1.29, 1.82) is 0 Å². The van der Waals surface area contributed by atoms with Crippen LogP contribution in [0.15, 0.2) is 18.2 Å². The number of amides is 1. The van der Waals surface area contributed by atoms with E-state index in [1.54, 1.807) is 0 Å². The lowest BCUT2D eigenvalue weighted by Gasteiger charge is -2.23. The number of nitrogens with one attached hydrogen (secondary N) is 1. The number of carbonyl (C=O) groups excluding carboxylic acids is 1. The van der Waals surface area contributed by atoms with Crippen molar-refractivity contribution in [3.63, 3.8) is 0 Å². The van der Waals surface area contributed by atoms with Crippen LogP contribution < -0.4 is 29.3 Å². The number of hydrogen-bond acceptors (Lipinski definition) is 3. The van der Waals surface area contributed by atoms with Crippen LogP contribution in [-0.2, 0) is 4.79 Å². The summed E-state index contributed by atoms with van der Waals surface area (Å²) in [5.74, 6) is -0.290. The lowest BCUT2D eigenvalue weighted by molar-refractivity contribution is -0.869. The Bertz CT molecular complexity index is 396. The Morgan fingerprint density at radius 3 is 2.11 bits per heavy atom. The van der Waals surface area contributed by atoms with Crippen LogP contribution in [0.1, 0.15) is 6.42 Å². The Morgan fingerprint density at radius 2 is 1.67 bits per heavy atom. The van der Waals surface area contributed by atoms with Crippen LogP contribution in [0, 0.1) is 0 Å². The number of hydrogen-bond donors (Lipinski definition) is 3. The zero-order valence-electron chi connectivity index (χ0n) is 10.8. The van der Waals surface area contributed by atoms with E-state index in [1.165, 1.54) is 18.2 Å². The molecular formula is C12H19IN2O3. The molecule has 0 heterocycles. The lowest BCUT2D eigenvalue weighted by atomic mass is 10.2. The summed E-state index contributed by atoms with van der Waals surface area (Å²) in [6.07, 6.45) is 0.389. The van der Waals surface area contributed by atoms with Crippen LogP contribution in [-0.4, -0.2) is 48.3 Å². The maximum Gasteiger partial charge on any atom is 0.230 e. The van der Waals surface area contributed by atoms with E-state index < -0.39 is 0 Å².